The lowest BCUT2D eigenvalue weighted by Crippen LogP contribution is -2.39. The Hall–Kier alpha value is -1.73. The van der Waals surface area contributed by atoms with Crippen molar-refractivity contribution >= 4 is 45.1 Å². The van der Waals surface area contributed by atoms with E-state index in [9.17, 15) is 9.18 Å². The Morgan fingerprint density at radius 2 is 1.96 bits per heavy atom. The van der Waals surface area contributed by atoms with E-state index < -0.39 is 5.82 Å². The molecule has 1 N–H and O–H groups in total. The van der Waals surface area contributed by atoms with Crippen LogP contribution in [0.5, 0.6) is 0 Å². The number of halogens is 3. The molecule has 1 aliphatic heterocycles. The predicted molar refractivity (Wildman–Crippen MR) is 94.7 cm³/mol. The van der Waals surface area contributed by atoms with E-state index in [1.807, 2.05) is 0 Å². The van der Waals surface area contributed by atoms with Crippen LogP contribution in [-0.2, 0) is 4.79 Å². The second-order valence-electron chi connectivity index (χ2n) is 5.58. The molecule has 1 aromatic carbocycles. The molecule has 126 valence electrons. The highest BCUT2D eigenvalue weighted by molar-refractivity contribution is 9.10. The van der Waals surface area contributed by atoms with Gasteiger partial charge in [-0.2, -0.15) is 0 Å². The van der Waals surface area contributed by atoms with Crippen molar-refractivity contribution in [3.05, 3.63) is 45.9 Å². The largest absolute Gasteiger partial charge is 0.341 e. The van der Waals surface area contributed by atoms with E-state index in [1.165, 1.54) is 18.2 Å². The number of anilines is 2. The first-order valence-corrected chi connectivity index (χ1v) is 8.68. The molecule has 24 heavy (non-hydrogen) atoms. The molecule has 0 bridgehead atoms. The number of carbonyl (C=O) groups is 1. The first-order valence-electron chi connectivity index (χ1n) is 7.51. The summed E-state index contributed by atoms with van der Waals surface area (Å²) < 4.78 is 14.0. The van der Waals surface area contributed by atoms with E-state index in [2.05, 4.69) is 36.1 Å². The molecular formula is C16H15BrClFN4O. The van der Waals surface area contributed by atoms with Crippen molar-refractivity contribution in [2.45, 2.75) is 12.8 Å². The summed E-state index contributed by atoms with van der Waals surface area (Å²) in [5, 5.41) is 2.79. The van der Waals surface area contributed by atoms with E-state index in [0.29, 0.717) is 37.6 Å². The van der Waals surface area contributed by atoms with Gasteiger partial charge in [0.1, 0.15) is 5.82 Å². The molecule has 0 aliphatic carbocycles. The fraction of sp³-hybridized carbons (Fsp3) is 0.312. The SMILES string of the molecule is O=C(Nc1ccc(F)c(Cl)c1)C1CCN(c2ncc(Br)cn2)CC1. The molecule has 3 rings (SSSR count). The lowest BCUT2D eigenvalue weighted by molar-refractivity contribution is -0.120. The Bertz CT molecular complexity index is 735. The van der Waals surface area contributed by atoms with Gasteiger partial charge < -0.3 is 10.2 Å². The van der Waals surface area contributed by atoms with E-state index in [1.54, 1.807) is 12.4 Å². The van der Waals surface area contributed by atoms with E-state index in [4.69, 9.17) is 11.6 Å². The summed E-state index contributed by atoms with van der Waals surface area (Å²) in [5.41, 5.74) is 0.505. The number of benzene rings is 1. The molecule has 5 nitrogen and oxygen atoms in total. The van der Waals surface area contributed by atoms with Gasteiger partial charge in [0.05, 0.1) is 9.50 Å². The van der Waals surface area contributed by atoms with Gasteiger partial charge in [0.25, 0.3) is 0 Å². The third-order valence-corrected chi connectivity index (χ3v) is 4.64. The normalized spacial score (nSPS) is 15.4. The molecular weight excluding hydrogens is 399 g/mol. The zero-order valence-corrected chi connectivity index (χ0v) is 15.0. The number of hydrogen-bond acceptors (Lipinski definition) is 4. The van der Waals surface area contributed by atoms with Crippen LogP contribution < -0.4 is 10.2 Å². The van der Waals surface area contributed by atoms with E-state index in [0.717, 1.165) is 4.47 Å². The third-order valence-electron chi connectivity index (χ3n) is 3.94. The fourth-order valence-electron chi connectivity index (χ4n) is 2.63. The summed E-state index contributed by atoms with van der Waals surface area (Å²) in [6.07, 6.45) is 4.83. The Balaban J connectivity index is 1.56. The second-order valence-corrected chi connectivity index (χ2v) is 6.90. The topological polar surface area (TPSA) is 58.1 Å². The number of carbonyl (C=O) groups excluding carboxylic acids is 1. The zero-order valence-electron chi connectivity index (χ0n) is 12.7. The van der Waals surface area contributed by atoms with Gasteiger partial charge in [-0.05, 0) is 47.0 Å². The highest BCUT2D eigenvalue weighted by atomic mass is 79.9. The van der Waals surface area contributed by atoms with E-state index >= 15 is 0 Å². The first-order chi connectivity index (χ1) is 11.5. The van der Waals surface area contributed by atoms with Crippen molar-refractivity contribution in [2.75, 3.05) is 23.3 Å². The van der Waals surface area contributed by atoms with Crippen molar-refractivity contribution < 1.29 is 9.18 Å². The Kier molecular flexibility index (Phi) is 5.30. The number of hydrogen-bond donors (Lipinski definition) is 1. The number of nitrogens with one attached hydrogen (secondary N) is 1. The van der Waals surface area contributed by atoms with Gasteiger partial charge >= 0.3 is 0 Å². The molecule has 1 aliphatic rings. The summed E-state index contributed by atoms with van der Waals surface area (Å²) in [7, 11) is 0. The molecule has 1 saturated heterocycles. The van der Waals surface area contributed by atoms with Crippen LogP contribution in [0.3, 0.4) is 0 Å². The maximum Gasteiger partial charge on any atom is 0.227 e. The Morgan fingerprint density at radius 1 is 1.29 bits per heavy atom. The van der Waals surface area contributed by atoms with Crippen molar-refractivity contribution in [1.29, 1.82) is 0 Å². The third kappa shape index (κ3) is 4.02. The minimum Gasteiger partial charge on any atom is -0.341 e. The number of nitrogens with zero attached hydrogens (tertiary/aromatic N) is 3. The predicted octanol–water partition coefficient (Wildman–Crippen LogP) is 3.89. The molecule has 2 heterocycles. The smallest absolute Gasteiger partial charge is 0.227 e. The molecule has 0 saturated carbocycles. The fourth-order valence-corrected chi connectivity index (χ4v) is 3.01. The quantitative estimate of drug-likeness (QED) is 0.829. The lowest BCUT2D eigenvalue weighted by Gasteiger charge is -2.31. The van der Waals surface area contributed by atoms with E-state index in [-0.39, 0.29) is 16.8 Å². The molecule has 1 amide bonds. The first kappa shape index (κ1) is 17.1. The van der Waals surface area contributed by atoms with Gasteiger partial charge in [0, 0.05) is 37.1 Å². The number of rotatable bonds is 3. The van der Waals surface area contributed by atoms with Crippen molar-refractivity contribution in [2.24, 2.45) is 5.92 Å². The van der Waals surface area contributed by atoms with Gasteiger partial charge in [0.2, 0.25) is 11.9 Å². The molecule has 2 aromatic rings. The van der Waals surface area contributed by atoms with Crippen LogP contribution in [0.4, 0.5) is 16.0 Å². The molecule has 0 radical (unpaired) electrons. The monoisotopic (exact) mass is 412 g/mol. The van der Waals surface area contributed by atoms with Gasteiger partial charge in [-0.3, -0.25) is 4.79 Å². The molecule has 1 fully saturated rings. The average molecular weight is 414 g/mol. The Morgan fingerprint density at radius 3 is 2.58 bits per heavy atom. The van der Waals surface area contributed by atoms with Crippen LogP contribution in [0.2, 0.25) is 5.02 Å². The van der Waals surface area contributed by atoms with Crippen LogP contribution in [0, 0.1) is 11.7 Å². The van der Waals surface area contributed by atoms with Gasteiger partial charge in [-0.15, -0.1) is 0 Å². The van der Waals surface area contributed by atoms with Crippen LogP contribution >= 0.6 is 27.5 Å². The summed E-state index contributed by atoms with van der Waals surface area (Å²) >= 11 is 9.04. The van der Waals surface area contributed by atoms with Crippen LogP contribution in [0.25, 0.3) is 0 Å². The molecule has 1 aromatic heterocycles. The zero-order chi connectivity index (χ0) is 17.1. The highest BCUT2D eigenvalue weighted by Gasteiger charge is 2.26. The minimum atomic E-state index is -0.502. The van der Waals surface area contributed by atoms with Gasteiger partial charge in [-0.25, -0.2) is 14.4 Å². The Labute approximate surface area is 152 Å². The summed E-state index contributed by atoms with van der Waals surface area (Å²) in [6.45, 7) is 1.42. The summed E-state index contributed by atoms with van der Waals surface area (Å²) in [6, 6.07) is 4.16. The lowest BCUT2D eigenvalue weighted by atomic mass is 9.96. The van der Waals surface area contributed by atoms with Crippen LogP contribution in [-0.4, -0.2) is 29.0 Å². The number of piperidine rings is 1. The number of amides is 1. The molecule has 0 unspecified atom stereocenters. The highest BCUT2D eigenvalue weighted by Crippen LogP contribution is 2.24. The van der Waals surface area contributed by atoms with Crippen LogP contribution in [0.15, 0.2) is 35.1 Å². The van der Waals surface area contributed by atoms with Crippen molar-refractivity contribution in [3.63, 3.8) is 0 Å². The molecule has 8 heteroatoms. The molecule has 0 atom stereocenters. The van der Waals surface area contributed by atoms with Crippen molar-refractivity contribution in [1.82, 2.24) is 9.97 Å². The molecule has 0 spiro atoms. The minimum absolute atomic E-state index is 0.00462. The van der Waals surface area contributed by atoms with Crippen LogP contribution in [0.1, 0.15) is 12.8 Å². The maximum absolute atomic E-state index is 13.2. The van der Waals surface area contributed by atoms with Gasteiger partial charge in [-0.1, -0.05) is 11.6 Å². The summed E-state index contributed by atoms with van der Waals surface area (Å²) in [4.78, 5) is 23.0. The van der Waals surface area contributed by atoms with Gasteiger partial charge in [0.15, 0.2) is 0 Å². The second kappa shape index (κ2) is 7.44. The number of aromatic nitrogens is 2. The standard InChI is InChI=1S/C16H15BrClFN4O/c17-11-8-20-16(21-9-11)23-5-3-10(4-6-23)15(24)22-12-1-2-14(19)13(18)7-12/h1-2,7-10H,3-6H2,(H,22,24). The van der Waals surface area contributed by atoms with Crippen molar-refractivity contribution in [3.8, 4) is 0 Å². The maximum atomic E-state index is 13.2. The average Bonchev–Trinajstić information content (AvgIpc) is 2.59. The summed E-state index contributed by atoms with van der Waals surface area (Å²) in [5.74, 6) is -0.00516.